The largest absolute Gasteiger partial charge is 0.507 e. The van der Waals surface area contributed by atoms with E-state index in [1.165, 1.54) is 6.07 Å². The lowest BCUT2D eigenvalue weighted by atomic mass is 9.74. The number of rotatable bonds is 6. The van der Waals surface area contributed by atoms with Crippen LogP contribution in [0.25, 0.3) is 0 Å². The summed E-state index contributed by atoms with van der Waals surface area (Å²) >= 11 is 0. The Bertz CT molecular complexity index is 795. The molecule has 1 atom stereocenters. The SMILES string of the molecule is CCCCCC1c2cccc(O)c2C(=O)c2c1ccc(COC)c2O. The number of phenols is 2. The molecule has 2 aromatic rings. The van der Waals surface area contributed by atoms with Gasteiger partial charge in [0.1, 0.15) is 11.5 Å². The molecular formula is C21H24O4. The molecule has 0 amide bonds. The highest BCUT2D eigenvalue weighted by Crippen LogP contribution is 2.45. The molecule has 132 valence electrons. The second kappa shape index (κ2) is 7.28. The van der Waals surface area contributed by atoms with Crippen LogP contribution in [0.5, 0.6) is 11.5 Å². The fourth-order valence-electron chi connectivity index (χ4n) is 3.75. The van der Waals surface area contributed by atoms with Crippen molar-refractivity contribution in [2.24, 2.45) is 0 Å². The minimum atomic E-state index is -0.315. The first-order chi connectivity index (χ1) is 12.1. The Hall–Kier alpha value is -2.33. The third-order valence-corrected chi connectivity index (χ3v) is 4.97. The van der Waals surface area contributed by atoms with Crippen LogP contribution in [-0.4, -0.2) is 23.1 Å². The van der Waals surface area contributed by atoms with Gasteiger partial charge in [0.2, 0.25) is 5.78 Å². The number of unbranched alkanes of at least 4 members (excludes halogenated alkanes) is 2. The maximum absolute atomic E-state index is 13.0. The van der Waals surface area contributed by atoms with Crippen molar-refractivity contribution in [3.8, 4) is 11.5 Å². The number of ether oxygens (including phenoxy) is 1. The summed E-state index contributed by atoms with van der Waals surface area (Å²) in [4.78, 5) is 13.0. The number of carbonyl (C=O) groups excluding carboxylic acids is 1. The zero-order chi connectivity index (χ0) is 18.0. The van der Waals surface area contributed by atoms with Crippen LogP contribution in [0.4, 0.5) is 0 Å². The predicted octanol–water partition coefficient (Wildman–Crippen LogP) is 4.50. The van der Waals surface area contributed by atoms with Gasteiger partial charge in [-0.1, -0.05) is 50.5 Å². The number of aromatic hydroxyl groups is 2. The van der Waals surface area contributed by atoms with E-state index in [4.69, 9.17) is 4.74 Å². The Kier molecular flexibility index (Phi) is 5.09. The molecule has 0 aromatic heterocycles. The number of ketones is 1. The van der Waals surface area contributed by atoms with Crippen LogP contribution in [-0.2, 0) is 11.3 Å². The molecule has 0 spiro atoms. The van der Waals surface area contributed by atoms with Gasteiger partial charge in [-0.05, 0) is 23.6 Å². The van der Waals surface area contributed by atoms with Gasteiger partial charge in [0, 0.05) is 18.6 Å². The van der Waals surface area contributed by atoms with Crippen molar-refractivity contribution >= 4 is 5.78 Å². The Morgan fingerprint density at radius 2 is 1.80 bits per heavy atom. The lowest BCUT2D eigenvalue weighted by Gasteiger charge is -2.29. The molecule has 0 heterocycles. The zero-order valence-electron chi connectivity index (χ0n) is 14.7. The summed E-state index contributed by atoms with van der Waals surface area (Å²) in [5, 5.41) is 20.9. The highest BCUT2D eigenvalue weighted by molar-refractivity contribution is 6.16. The van der Waals surface area contributed by atoms with E-state index in [0.717, 1.165) is 36.8 Å². The van der Waals surface area contributed by atoms with Gasteiger partial charge in [-0.3, -0.25) is 4.79 Å². The van der Waals surface area contributed by atoms with Crippen LogP contribution in [0.1, 0.15) is 71.1 Å². The summed E-state index contributed by atoms with van der Waals surface area (Å²) in [6.45, 7) is 2.39. The molecule has 25 heavy (non-hydrogen) atoms. The number of fused-ring (bicyclic) bond motifs is 2. The molecule has 0 radical (unpaired) electrons. The third kappa shape index (κ3) is 3.02. The molecular weight excluding hydrogens is 316 g/mol. The quantitative estimate of drug-likeness (QED) is 0.760. The molecule has 1 aliphatic rings. The number of hydrogen-bond donors (Lipinski definition) is 2. The average Bonchev–Trinajstić information content (AvgIpc) is 2.60. The third-order valence-electron chi connectivity index (χ3n) is 4.97. The first-order valence-corrected chi connectivity index (χ1v) is 8.80. The van der Waals surface area contributed by atoms with Crippen LogP contribution in [0.15, 0.2) is 30.3 Å². The van der Waals surface area contributed by atoms with Crippen molar-refractivity contribution < 1.29 is 19.7 Å². The van der Waals surface area contributed by atoms with Crippen LogP contribution in [0.3, 0.4) is 0 Å². The highest BCUT2D eigenvalue weighted by Gasteiger charge is 2.35. The van der Waals surface area contributed by atoms with Crippen LogP contribution in [0.2, 0.25) is 0 Å². The lowest BCUT2D eigenvalue weighted by molar-refractivity contribution is 0.102. The molecule has 0 bridgehead atoms. The van der Waals surface area contributed by atoms with E-state index in [1.807, 2.05) is 18.2 Å². The predicted molar refractivity (Wildman–Crippen MR) is 96.3 cm³/mol. The Morgan fingerprint density at radius 1 is 1.04 bits per heavy atom. The van der Waals surface area contributed by atoms with Crippen LogP contribution < -0.4 is 0 Å². The van der Waals surface area contributed by atoms with E-state index < -0.39 is 0 Å². The summed E-state index contributed by atoms with van der Waals surface area (Å²) in [6.07, 6.45) is 4.14. The zero-order valence-corrected chi connectivity index (χ0v) is 14.7. The van der Waals surface area contributed by atoms with Gasteiger partial charge in [-0.25, -0.2) is 0 Å². The summed E-state index contributed by atoms with van der Waals surface area (Å²) in [7, 11) is 1.55. The van der Waals surface area contributed by atoms with Gasteiger partial charge in [0.05, 0.1) is 17.7 Å². The molecule has 0 saturated heterocycles. The van der Waals surface area contributed by atoms with E-state index in [0.29, 0.717) is 16.7 Å². The summed E-state index contributed by atoms with van der Waals surface area (Å²) in [5.41, 5.74) is 2.91. The van der Waals surface area contributed by atoms with E-state index in [-0.39, 0.29) is 29.8 Å². The van der Waals surface area contributed by atoms with Crippen LogP contribution >= 0.6 is 0 Å². The van der Waals surface area contributed by atoms with Gasteiger partial charge in [-0.2, -0.15) is 0 Å². The number of methoxy groups -OCH3 is 1. The first kappa shape index (κ1) is 17.5. The van der Waals surface area contributed by atoms with E-state index >= 15 is 0 Å². The Labute approximate surface area is 148 Å². The van der Waals surface area contributed by atoms with E-state index in [1.54, 1.807) is 13.2 Å². The molecule has 1 aliphatic carbocycles. The Morgan fingerprint density at radius 3 is 2.52 bits per heavy atom. The molecule has 2 N–H and O–H groups in total. The summed E-state index contributed by atoms with van der Waals surface area (Å²) in [6, 6.07) is 8.96. The lowest BCUT2D eigenvalue weighted by Crippen LogP contribution is -2.20. The standard InChI is InChI=1S/C21H24O4/c1-3-4-5-7-14-15-8-6-9-17(22)18(15)21(24)19-16(14)11-10-13(12-25-2)20(19)23/h6,8-11,14,22-23H,3-5,7,12H2,1-2H3. The second-order valence-corrected chi connectivity index (χ2v) is 6.59. The van der Waals surface area contributed by atoms with Crippen molar-refractivity contribution in [3.05, 3.63) is 58.1 Å². The number of benzene rings is 2. The molecule has 0 aliphatic heterocycles. The normalized spacial score (nSPS) is 15.8. The van der Waals surface area contributed by atoms with Gasteiger partial charge >= 0.3 is 0 Å². The van der Waals surface area contributed by atoms with E-state index in [2.05, 4.69) is 6.92 Å². The second-order valence-electron chi connectivity index (χ2n) is 6.59. The van der Waals surface area contributed by atoms with Crippen molar-refractivity contribution in [1.82, 2.24) is 0 Å². The van der Waals surface area contributed by atoms with Crippen molar-refractivity contribution in [2.45, 2.75) is 45.1 Å². The summed E-state index contributed by atoms with van der Waals surface area (Å²) in [5.74, 6) is -0.363. The highest BCUT2D eigenvalue weighted by atomic mass is 16.5. The maximum atomic E-state index is 13.0. The fourth-order valence-corrected chi connectivity index (χ4v) is 3.75. The molecule has 4 nitrogen and oxygen atoms in total. The molecule has 4 heteroatoms. The van der Waals surface area contributed by atoms with Gasteiger partial charge in [-0.15, -0.1) is 0 Å². The topological polar surface area (TPSA) is 66.8 Å². The molecule has 0 saturated carbocycles. The molecule has 0 fully saturated rings. The number of carbonyl (C=O) groups is 1. The minimum Gasteiger partial charge on any atom is -0.507 e. The summed E-state index contributed by atoms with van der Waals surface area (Å²) < 4.78 is 5.11. The minimum absolute atomic E-state index is 0.00356. The van der Waals surface area contributed by atoms with Gasteiger partial charge in [0.15, 0.2) is 0 Å². The maximum Gasteiger partial charge on any atom is 0.201 e. The van der Waals surface area contributed by atoms with Crippen molar-refractivity contribution in [2.75, 3.05) is 7.11 Å². The smallest absolute Gasteiger partial charge is 0.201 e. The number of hydrogen-bond acceptors (Lipinski definition) is 4. The molecule has 2 aromatic carbocycles. The van der Waals surface area contributed by atoms with Gasteiger partial charge < -0.3 is 14.9 Å². The van der Waals surface area contributed by atoms with Crippen molar-refractivity contribution in [3.63, 3.8) is 0 Å². The van der Waals surface area contributed by atoms with Crippen LogP contribution in [0, 0.1) is 0 Å². The monoisotopic (exact) mass is 340 g/mol. The number of phenolic OH excluding ortho intramolecular Hbond substituents is 2. The Balaban J connectivity index is 2.16. The molecule has 3 rings (SSSR count). The fraction of sp³-hybridized carbons (Fsp3) is 0.381. The van der Waals surface area contributed by atoms with E-state index in [9.17, 15) is 15.0 Å². The molecule has 1 unspecified atom stereocenters. The van der Waals surface area contributed by atoms with Gasteiger partial charge in [0.25, 0.3) is 0 Å². The average molecular weight is 340 g/mol. The first-order valence-electron chi connectivity index (χ1n) is 8.80. The van der Waals surface area contributed by atoms with Crippen molar-refractivity contribution in [1.29, 1.82) is 0 Å².